The maximum absolute atomic E-state index is 11.9. The van der Waals surface area contributed by atoms with Crippen molar-refractivity contribution in [2.24, 2.45) is 0 Å². The van der Waals surface area contributed by atoms with E-state index in [0.29, 0.717) is 18.8 Å². The van der Waals surface area contributed by atoms with E-state index in [2.05, 4.69) is 39.0 Å². The summed E-state index contributed by atoms with van der Waals surface area (Å²) in [6.45, 7) is 7.95. The first kappa shape index (κ1) is 19.0. The first-order valence-electron chi connectivity index (χ1n) is 9.54. The highest BCUT2D eigenvalue weighted by atomic mass is 16.6. The molecule has 1 aliphatic heterocycles. The number of hydrogen-bond donors (Lipinski definition) is 0. The minimum atomic E-state index is -0.556. The van der Waals surface area contributed by atoms with E-state index in [9.17, 15) is 4.79 Å². The molecular formula is C21H27N3O3. The van der Waals surface area contributed by atoms with Gasteiger partial charge in [0, 0.05) is 49.9 Å². The Morgan fingerprint density at radius 1 is 0.963 bits per heavy atom. The van der Waals surface area contributed by atoms with Crippen LogP contribution in [0.3, 0.4) is 0 Å². The van der Waals surface area contributed by atoms with Crippen LogP contribution in [-0.4, -0.2) is 49.8 Å². The van der Waals surface area contributed by atoms with Crippen LogP contribution in [0.1, 0.15) is 20.3 Å². The van der Waals surface area contributed by atoms with Gasteiger partial charge in [0.25, 0.3) is 0 Å². The second-order valence-electron chi connectivity index (χ2n) is 6.44. The molecule has 2 heterocycles. The fourth-order valence-corrected chi connectivity index (χ4v) is 3.21. The van der Waals surface area contributed by atoms with Gasteiger partial charge in [-0.05, 0) is 49.7 Å². The molecule has 0 N–H and O–H groups in total. The Hall–Kier alpha value is -2.76. The summed E-state index contributed by atoms with van der Waals surface area (Å²) in [4.78, 5) is 20.7. The van der Waals surface area contributed by atoms with Crippen LogP contribution < -0.4 is 14.5 Å². The van der Waals surface area contributed by atoms with Crippen molar-refractivity contribution < 1.29 is 14.3 Å². The van der Waals surface area contributed by atoms with Gasteiger partial charge in [0.15, 0.2) is 6.10 Å². The quantitative estimate of drug-likeness (QED) is 0.699. The third kappa shape index (κ3) is 4.90. The number of piperazine rings is 1. The lowest BCUT2D eigenvalue weighted by atomic mass is 10.2. The molecule has 0 saturated carbocycles. The third-order valence-corrected chi connectivity index (χ3v) is 4.71. The lowest BCUT2D eigenvalue weighted by Crippen LogP contribution is -2.46. The summed E-state index contributed by atoms with van der Waals surface area (Å²) in [5.41, 5.74) is 2.39. The molecule has 1 fully saturated rings. The molecule has 1 aromatic heterocycles. The average molecular weight is 369 g/mol. The molecule has 6 nitrogen and oxygen atoms in total. The van der Waals surface area contributed by atoms with Gasteiger partial charge in [-0.2, -0.15) is 0 Å². The Morgan fingerprint density at radius 2 is 1.52 bits per heavy atom. The molecule has 0 bridgehead atoms. The molecule has 6 heteroatoms. The fraction of sp³-hybridized carbons (Fsp3) is 0.429. The minimum Gasteiger partial charge on any atom is -0.479 e. The van der Waals surface area contributed by atoms with Crippen LogP contribution >= 0.6 is 0 Å². The van der Waals surface area contributed by atoms with Gasteiger partial charge in [0.1, 0.15) is 5.75 Å². The van der Waals surface area contributed by atoms with Gasteiger partial charge in [-0.1, -0.05) is 6.92 Å². The topological polar surface area (TPSA) is 54.9 Å². The van der Waals surface area contributed by atoms with Crippen molar-refractivity contribution in [2.45, 2.75) is 26.4 Å². The zero-order valence-electron chi connectivity index (χ0n) is 16.0. The van der Waals surface area contributed by atoms with Crippen molar-refractivity contribution >= 4 is 17.3 Å². The Balaban J connectivity index is 1.56. The van der Waals surface area contributed by atoms with Crippen molar-refractivity contribution in [3.63, 3.8) is 0 Å². The molecule has 1 aromatic carbocycles. The summed E-state index contributed by atoms with van der Waals surface area (Å²) in [6.07, 6.45) is 3.69. The normalized spacial score (nSPS) is 15.3. The molecule has 0 radical (unpaired) electrons. The standard InChI is InChI=1S/C21H27N3O3/c1-3-20(21(25)26-4-2)27-19-7-5-17(6-8-19)23-13-15-24(16-14-23)18-9-11-22-12-10-18/h5-12,20H,3-4,13-16H2,1-2H3. The van der Waals surface area contributed by atoms with Crippen molar-refractivity contribution in [3.05, 3.63) is 48.8 Å². The molecule has 1 atom stereocenters. The number of ether oxygens (including phenoxy) is 2. The first-order chi connectivity index (χ1) is 13.2. The van der Waals surface area contributed by atoms with Gasteiger partial charge in [0.2, 0.25) is 0 Å². The van der Waals surface area contributed by atoms with Gasteiger partial charge in [-0.25, -0.2) is 4.79 Å². The van der Waals surface area contributed by atoms with E-state index >= 15 is 0 Å². The van der Waals surface area contributed by atoms with E-state index in [1.807, 2.05) is 31.5 Å². The van der Waals surface area contributed by atoms with Crippen LogP contribution in [0.15, 0.2) is 48.8 Å². The van der Waals surface area contributed by atoms with Crippen molar-refractivity contribution in [2.75, 3.05) is 42.6 Å². The predicted molar refractivity (Wildman–Crippen MR) is 106 cm³/mol. The predicted octanol–water partition coefficient (Wildman–Crippen LogP) is 3.13. The molecule has 0 amide bonds. The maximum Gasteiger partial charge on any atom is 0.347 e. The number of esters is 1. The Labute approximate surface area is 160 Å². The molecule has 27 heavy (non-hydrogen) atoms. The van der Waals surface area contributed by atoms with Crippen LogP contribution in [0.4, 0.5) is 11.4 Å². The lowest BCUT2D eigenvalue weighted by molar-refractivity contribution is -0.151. The van der Waals surface area contributed by atoms with Crippen LogP contribution in [0.5, 0.6) is 5.75 Å². The molecule has 0 spiro atoms. The number of hydrogen-bond acceptors (Lipinski definition) is 6. The number of nitrogens with zero attached hydrogens (tertiary/aromatic N) is 3. The van der Waals surface area contributed by atoms with Gasteiger partial charge in [0.05, 0.1) is 6.61 Å². The Bertz CT molecular complexity index is 713. The van der Waals surface area contributed by atoms with Crippen LogP contribution in [-0.2, 0) is 9.53 Å². The molecule has 0 aliphatic carbocycles. The second-order valence-corrected chi connectivity index (χ2v) is 6.44. The molecule has 3 rings (SSSR count). The summed E-state index contributed by atoms with van der Waals surface area (Å²) in [6, 6.07) is 12.1. The smallest absolute Gasteiger partial charge is 0.347 e. The Kier molecular flexibility index (Phi) is 6.52. The van der Waals surface area contributed by atoms with E-state index in [1.165, 1.54) is 11.4 Å². The molecule has 144 valence electrons. The SMILES string of the molecule is CCOC(=O)C(CC)Oc1ccc(N2CCN(c3ccncc3)CC2)cc1. The molecule has 2 aromatic rings. The number of carbonyl (C=O) groups is 1. The van der Waals surface area contributed by atoms with E-state index < -0.39 is 6.10 Å². The zero-order chi connectivity index (χ0) is 19.1. The van der Waals surface area contributed by atoms with Crippen molar-refractivity contribution in [1.29, 1.82) is 0 Å². The summed E-state index contributed by atoms with van der Waals surface area (Å²) in [5, 5.41) is 0. The fourth-order valence-electron chi connectivity index (χ4n) is 3.21. The summed E-state index contributed by atoms with van der Waals surface area (Å²) < 4.78 is 10.8. The maximum atomic E-state index is 11.9. The van der Waals surface area contributed by atoms with Gasteiger partial charge in [-0.15, -0.1) is 0 Å². The molecule has 1 aliphatic rings. The van der Waals surface area contributed by atoms with Gasteiger partial charge in [-0.3, -0.25) is 4.98 Å². The van der Waals surface area contributed by atoms with E-state index in [4.69, 9.17) is 9.47 Å². The van der Waals surface area contributed by atoms with E-state index in [0.717, 1.165) is 26.2 Å². The van der Waals surface area contributed by atoms with E-state index in [-0.39, 0.29) is 5.97 Å². The van der Waals surface area contributed by atoms with E-state index in [1.54, 1.807) is 6.92 Å². The van der Waals surface area contributed by atoms with Gasteiger partial charge >= 0.3 is 5.97 Å². The van der Waals surface area contributed by atoms with Crippen molar-refractivity contribution in [1.82, 2.24) is 4.98 Å². The van der Waals surface area contributed by atoms with Crippen LogP contribution in [0.25, 0.3) is 0 Å². The monoisotopic (exact) mass is 369 g/mol. The highest BCUT2D eigenvalue weighted by Crippen LogP contribution is 2.23. The third-order valence-electron chi connectivity index (χ3n) is 4.71. The molecule has 1 saturated heterocycles. The zero-order valence-corrected chi connectivity index (χ0v) is 16.0. The Morgan fingerprint density at radius 3 is 2.04 bits per heavy atom. The second kappa shape index (κ2) is 9.26. The largest absolute Gasteiger partial charge is 0.479 e. The molecule has 1 unspecified atom stereocenters. The number of anilines is 2. The molecular weight excluding hydrogens is 342 g/mol. The summed E-state index contributed by atoms with van der Waals surface area (Å²) in [5.74, 6) is 0.380. The van der Waals surface area contributed by atoms with Crippen molar-refractivity contribution in [3.8, 4) is 5.75 Å². The average Bonchev–Trinajstić information content (AvgIpc) is 2.73. The summed E-state index contributed by atoms with van der Waals surface area (Å²) >= 11 is 0. The number of benzene rings is 1. The highest BCUT2D eigenvalue weighted by Gasteiger charge is 2.20. The number of pyridine rings is 1. The highest BCUT2D eigenvalue weighted by molar-refractivity contribution is 5.75. The number of rotatable bonds is 7. The lowest BCUT2D eigenvalue weighted by Gasteiger charge is -2.37. The number of aromatic nitrogens is 1. The van der Waals surface area contributed by atoms with Crippen LogP contribution in [0.2, 0.25) is 0 Å². The first-order valence-corrected chi connectivity index (χ1v) is 9.54. The van der Waals surface area contributed by atoms with Gasteiger partial charge < -0.3 is 19.3 Å². The van der Waals surface area contributed by atoms with Crippen LogP contribution in [0, 0.1) is 0 Å². The number of carbonyl (C=O) groups excluding carboxylic acids is 1. The minimum absolute atomic E-state index is 0.309. The summed E-state index contributed by atoms with van der Waals surface area (Å²) in [7, 11) is 0.